The van der Waals surface area contributed by atoms with Gasteiger partial charge in [0.15, 0.2) is 5.17 Å². The van der Waals surface area contributed by atoms with Crippen molar-refractivity contribution in [1.29, 1.82) is 5.26 Å². The summed E-state index contributed by atoms with van der Waals surface area (Å²) < 4.78 is 0. The third-order valence-corrected chi connectivity index (χ3v) is 5.91. The van der Waals surface area contributed by atoms with E-state index in [1.54, 1.807) is 30.8 Å². The van der Waals surface area contributed by atoms with Crippen LogP contribution in [0.4, 0.5) is 11.4 Å². The number of amides is 1. The lowest BCUT2D eigenvalue weighted by Gasteiger charge is -2.33. The number of benzene rings is 2. The molecule has 5 nitrogen and oxygen atoms in total. The molecular weight excluding hydrogens is 368 g/mol. The maximum Gasteiger partial charge on any atom is 0.225 e. The summed E-state index contributed by atoms with van der Waals surface area (Å²) in [6.45, 7) is 5.92. The predicted octanol–water partition coefficient (Wildman–Crippen LogP) is 4.73. The van der Waals surface area contributed by atoms with Crippen molar-refractivity contribution in [3.8, 4) is 6.07 Å². The second-order valence-corrected chi connectivity index (χ2v) is 8.08. The maximum atomic E-state index is 12.5. The molecule has 3 rings (SSSR count). The summed E-state index contributed by atoms with van der Waals surface area (Å²) in [5.74, 6) is 1.21. The van der Waals surface area contributed by atoms with Crippen molar-refractivity contribution < 1.29 is 4.79 Å². The van der Waals surface area contributed by atoms with E-state index in [4.69, 9.17) is 10.3 Å². The molecule has 0 aliphatic carbocycles. The molecule has 0 N–H and O–H groups in total. The van der Waals surface area contributed by atoms with Crippen molar-refractivity contribution in [3.63, 3.8) is 0 Å². The second-order valence-electron chi connectivity index (χ2n) is 7.09. The van der Waals surface area contributed by atoms with Gasteiger partial charge in [0.1, 0.15) is 6.17 Å². The molecule has 1 atom stereocenters. The monoisotopic (exact) mass is 392 g/mol. The first-order chi connectivity index (χ1) is 13.4. The van der Waals surface area contributed by atoms with E-state index in [2.05, 4.69) is 32.0 Å². The Balaban J connectivity index is 1.84. The van der Waals surface area contributed by atoms with Gasteiger partial charge in [-0.1, -0.05) is 37.7 Å². The van der Waals surface area contributed by atoms with Gasteiger partial charge in [0.25, 0.3) is 0 Å². The Kier molecular flexibility index (Phi) is 6.05. The smallest absolute Gasteiger partial charge is 0.225 e. The average Bonchev–Trinajstić information content (AvgIpc) is 3.03. The number of carbonyl (C=O) groups is 1. The molecule has 1 unspecified atom stereocenters. The largest absolute Gasteiger partial charge is 0.333 e. The van der Waals surface area contributed by atoms with Crippen LogP contribution in [0.3, 0.4) is 0 Å². The zero-order valence-electron chi connectivity index (χ0n) is 16.6. The van der Waals surface area contributed by atoms with Gasteiger partial charge in [-0.2, -0.15) is 5.26 Å². The molecule has 0 saturated carbocycles. The van der Waals surface area contributed by atoms with Crippen LogP contribution in [0.2, 0.25) is 0 Å². The number of anilines is 1. The van der Waals surface area contributed by atoms with E-state index in [0.29, 0.717) is 11.5 Å². The summed E-state index contributed by atoms with van der Waals surface area (Å²) in [7, 11) is 1.96. The first kappa shape index (κ1) is 20.0. The van der Waals surface area contributed by atoms with Crippen molar-refractivity contribution in [2.45, 2.75) is 32.9 Å². The molecule has 144 valence electrons. The number of rotatable bonds is 4. The minimum Gasteiger partial charge on any atom is -0.333 e. The Hall–Kier alpha value is -2.78. The van der Waals surface area contributed by atoms with E-state index >= 15 is 0 Å². The Morgan fingerprint density at radius 1 is 1.21 bits per heavy atom. The van der Waals surface area contributed by atoms with Crippen LogP contribution in [0.15, 0.2) is 53.5 Å². The number of carbonyl (C=O) groups excluding carboxylic acids is 1. The highest BCUT2D eigenvalue weighted by Crippen LogP contribution is 2.31. The summed E-state index contributed by atoms with van der Waals surface area (Å²) >= 11 is 1.63. The molecule has 1 fully saturated rings. The fraction of sp³-hybridized carbons (Fsp3) is 0.318. The van der Waals surface area contributed by atoms with Gasteiger partial charge in [-0.25, -0.2) is 4.99 Å². The molecule has 1 aliphatic rings. The topological polar surface area (TPSA) is 59.7 Å². The third-order valence-electron chi connectivity index (χ3n) is 4.81. The standard InChI is InChI=1S/C22H24N4OS/c1-15(2)18-7-11-20(12-8-18)26(16(3)27)21-14-28-22(25(21)4)24-19-9-5-17(13-23)6-10-19/h5-12,15,21H,14H2,1-4H3. The lowest BCUT2D eigenvalue weighted by atomic mass is 10.0. The molecule has 1 aliphatic heterocycles. The minimum atomic E-state index is -0.0930. The number of nitrogens with zero attached hydrogens (tertiary/aromatic N) is 4. The van der Waals surface area contributed by atoms with E-state index in [1.807, 2.05) is 41.1 Å². The van der Waals surface area contributed by atoms with E-state index in [9.17, 15) is 4.79 Å². The van der Waals surface area contributed by atoms with Crippen LogP contribution < -0.4 is 4.90 Å². The predicted molar refractivity (Wildman–Crippen MR) is 116 cm³/mol. The molecular formula is C22H24N4OS. The quantitative estimate of drug-likeness (QED) is 0.755. The van der Waals surface area contributed by atoms with Gasteiger partial charge >= 0.3 is 0 Å². The van der Waals surface area contributed by atoms with Crippen LogP contribution in [-0.2, 0) is 4.79 Å². The SMILES string of the molecule is CC(=O)N(c1ccc(C(C)C)cc1)C1CSC(=Nc2ccc(C#N)cc2)N1C. The van der Waals surface area contributed by atoms with Crippen molar-refractivity contribution in [1.82, 2.24) is 4.90 Å². The van der Waals surface area contributed by atoms with Crippen LogP contribution in [0.25, 0.3) is 0 Å². The molecule has 0 spiro atoms. The van der Waals surface area contributed by atoms with Crippen molar-refractivity contribution in [2.75, 3.05) is 17.7 Å². The summed E-state index contributed by atoms with van der Waals surface area (Å²) in [5.41, 5.74) is 3.56. The number of nitriles is 1. The summed E-state index contributed by atoms with van der Waals surface area (Å²) in [5, 5.41) is 9.78. The number of aliphatic imine (C=N–C) groups is 1. The van der Waals surface area contributed by atoms with Crippen molar-refractivity contribution in [2.24, 2.45) is 4.99 Å². The zero-order chi connectivity index (χ0) is 20.3. The van der Waals surface area contributed by atoms with Crippen LogP contribution in [-0.4, -0.2) is 34.9 Å². The first-order valence-corrected chi connectivity index (χ1v) is 10.2. The lowest BCUT2D eigenvalue weighted by Crippen LogP contribution is -2.48. The summed E-state index contributed by atoms with van der Waals surface area (Å²) in [6.07, 6.45) is -0.0930. The van der Waals surface area contributed by atoms with Crippen LogP contribution in [0.1, 0.15) is 37.8 Å². The van der Waals surface area contributed by atoms with Gasteiger partial charge < -0.3 is 4.90 Å². The molecule has 28 heavy (non-hydrogen) atoms. The summed E-state index contributed by atoms with van der Waals surface area (Å²) in [6, 6.07) is 17.5. The molecule has 0 aromatic heterocycles. The van der Waals surface area contributed by atoms with Gasteiger partial charge in [0.05, 0.1) is 17.3 Å². The van der Waals surface area contributed by atoms with Gasteiger partial charge in [0, 0.05) is 25.4 Å². The van der Waals surface area contributed by atoms with E-state index in [0.717, 1.165) is 22.3 Å². The van der Waals surface area contributed by atoms with E-state index in [1.165, 1.54) is 5.56 Å². The van der Waals surface area contributed by atoms with Crippen LogP contribution >= 0.6 is 11.8 Å². The highest BCUT2D eigenvalue weighted by molar-refractivity contribution is 8.14. The van der Waals surface area contributed by atoms with Gasteiger partial charge in [0.2, 0.25) is 5.91 Å². The fourth-order valence-electron chi connectivity index (χ4n) is 3.15. The number of hydrogen-bond donors (Lipinski definition) is 0. The number of amidine groups is 1. The molecule has 1 amide bonds. The van der Waals surface area contributed by atoms with Crippen molar-refractivity contribution in [3.05, 3.63) is 59.7 Å². The van der Waals surface area contributed by atoms with Crippen LogP contribution in [0.5, 0.6) is 0 Å². The number of hydrogen-bond acceptors (Lipinski definition) is 4. The Bertz CT molecular complexity index is 913. The Morgan fingerprint density at radius 2 is 1.86 bits per heavy atom. The summed E-state index contributed by atoms with van der Waals surface area (Å²) in [4.78, 5) is 21.0. The third kappa shape index (κ3) is 4.20. The Morgan fingerprint density at radius 3 is 2.39 bits per heavy atom. The van der Waals surface area contributed by atoms with Gasteiger partial charge in [-0.15, -0.1) is 0 Å². The van der Waals surface area contributed by atoms with E-state index < -0.39 is 0 Å². The first-order valence-electron chi connectivity index (χ1n) is 9.25. The zero-order valence-corrected chi connectivity index (χ0v) is 17.4. The molecule has 1 saturated heterocycles. The highest BCUT2D eigenvalue weighted by atomic mass is 32.2. The van der Waals surface area contributed by atoms with Crippen LogP contribution in [0, 0.1) is 11.3 Å². The van der Waals surface area contributed by atoms with Gasteiger partial charge in [-0.3, -0.25) is 9.69 Å². The maximum absolute atomic E-state index is 12.5. The average molecular weight is 393 g/mol. The Labute approximate surface area is 170 Å². The molecule has 1 heterocycles. The molecule has 6 heteroatoms. The van der Waals surface area contributed by atoms with E-state index in [-0.39, 0.29) is 12.1 Å². The number of thioether (sulfide) groups is 1. The molecule has 0 bridgehead atoms. The second kappa shape index (κ2) is 8.49. The van der Waals surface area contributed by atoms with Crippen molar-refractivity contribution >= 4 is 34.2 Å². The fourth-order valence-corrected chi connectivity index (χ4v) is 4.32. The van der Waals surface area contributed by atoms with Gasteiger partial charge in [-0.05, 0) is 47.9 Å². The molecule has 0 radical (unpaired) electrons. The highest BCUT2D eigenvalue weighted by Gasteiger charge is 2.34. The normalized spacial score (nSPS) is 17.8. The molecule has 2 aromatic rings. The lowest BCUT2D eigenvalue weighted by molar-refractivity contribution is -0.117. The minimum absolute atomic E-state index is 0.00868. The molecule has 2 aromatic carbocycles.